The van der Waals surface area contributed by atoms with E-state index in [0.29, 0.717) is 0 Å². The van der Waals surface area contributed by atoms with Crippen molar-refractivity contribution in [3.05, 3.63) is 70.6 Å². The number of aromatic nitrogens is 1. The summed E-state index contributed by atoms with van der Waals surface area (Å²) in [5.74, 6) is 0. The summed E-state index contributed by atoms with van der Waals surface area (Å²) in [7, 11) is 1.79. The minimum atomic E-state index is 0.0240. The fourth-order valence-electron chi connectivity index (χ4n) is 2.61. The summed E-state index contributed by atoms with van der Waals surface area (Å²) in [6, 6.07) is 15.9. The molecule has 2 N–H and O–H groups in total. The quantitative estimate of drug-likeness (QED) is 0.782. The monoisotopic (exact) mass is 278 g/mol. The number of nitrogens with zero attached hydrogens (tertiary/aromatic N) is 1. The molecule has 106 valence electrons. The Hall–Kier alpha value is -2.39. The van der Waals surface area contributed by atoms with Gasteiger partial charge in [0.2, 0.25) is 0 Å². The number of aryl methyl sites for hydroxylation is 1. The van der Waals surface area contributed by atoms with Crippen LogP contribution in [0.4, 0.5) is 0 Å². The number of nitrogens with two attached hydrogens (primary N) is 1. The van der Waals surface area contributed by atoms with Crippen LogP contribution in [0.1, 0.15) is 18.5 Å². The van der Waals surface area contributed by atoms with E-state index in [2.05, 4.69) is 12.1 Å². The molecule has 0 aliphatic rings. The lowest BCUT2D eigenvalue weighted by Crippen LogP contribution is -2.16. The Bertz CT molecular complexity index is 845. The lowest BCUT2D eigenvalue weighted by molar-refractivity contribution is 0.818. The molecule has 0 saturated carbocycles. The van der Waals surface area contributed by atoms with Gasteiger partial charge in [0.15, 0.2) is 0 Å². The summed E-state index contributed by atoms with van der Waals surface area (Å²) in [6.07, 6.45) is 1.89. The lowest BCUT2D eigenvalue weighted by Gasteiger charge is -2.11. The van der Waals surface area contributed by atoms with Crippen LogP contribution in [-0.2, 0) is 7.05 Å². The minimum Gasteiger partial charge on any atom is -0.324 e. The molecule has 0 fully saturated rings. The SMILES string of the molecule is C[C@@H](N)c1ccc(-c2cn(C)c(=O)c3ccccc23)cc1. The molecule has 21 heavy (non-hydrogen) atoms. The maximum absolute atomic E-state index is 12.2. The second-order valence-corrected chi connectivity index (χ2v) is 5.42. The molecule has 3 rings (SSSR count). The second kappa shape index (κ2) is 5.19. The number of hydrogen-bond acceptors (Lipinski definition) is 2. The van der Waals surface area contributed by atoms with Crippen LogP contribution in [0.15, 0.2) is 59.5 Å². The topological polar surface area (TPSA) is 48.0 Å². The van der Waals surface area contributed by atoms with Crippen LogP contribution >= 0.6 is 0 Å². The van der Waals surface area contributed by atoms with Crippen molar-refractivity contribution in [2.75, 3.05) is 0 Å². The maximum atomic E-state index is 12.2. The summed E-state index contributed by atoms with van der Waals surface area (Å²) in [6.45, 7) is 1.97. The first-order valence-electron chi connectivity index (χ1n) is 7.02. The maximum Gasteiger partial charge on any atom is 0.258 e. The molecule has 0 unspecified atom stereocenters. The summed E-state index contributed by atoms with van der Waals surface area (Å²) in [5, 5.41) is 1.72. The Morgan fingerprint density at radius 3 is 2.24 bits per heavy atom. The van der Waals surface area contributed by atoms with E-state index in [0.717, 1.165) is 27.5 Å². The van der Waals surface area contributed by atoms with Gasteiger partial charge in [-0.15, -0.1) is 0 Å². The van der Waals surface area contributed by atoms with Crippen LogP contribution in [-0.4, -0.2) is 4.57 Å². The predicted molar refractivity (Wildman–Crippen MR) is 87.2 cm³/mol. The summed E-state index contributed by atoms with van der Waals surface area (Å²) >= 11 is 0. The zero-order valence-electron chi connectivity index (χ0n) is 12.2. The van der Waals surface area contributed by atoms with Crippen LogP contribution in [0.2, 0.25) is 0 Å². The first kappa shape index (κ1) is 13.6. The van der Waals surface area contributed by atoms with Crippen molar-refractivity contribution < 1.29 is 0 Å². The molecule has 0 bridgehead atoms. The smallest absolute Gasteiger partial charge is 0.258 e. The molecule has 0 radical (unpaired) electrons. The van der Waals surface area contributed by atoms with Gasteiger partial charge >= 0.3 is 0 Å². The van der Waals surface area contributed by atoms with Gasteiger partial charge in [-0.1, -0.05) is 42.5 Å². The van der Waals surface area contributed by atoms with Crippen LogP contribution in [0.3, 0.4) is 0 Å². The third-order valence-corrected chi connectivity index (χ3v) is 3.84. The second-order valence-electron chi connectivity index (χ2n) is 5.42. The van der Waals surface area contributed by atoms with Crippen molar-refractivity contribution in [2.45, 2.75) is 13.0 Å². The highest BCUT2D eigenvalue weighted by molar-refractivity contribution is 5.95. The van der Waals surface area contributed by atoms with E-state index >= 15 is 0 Å². The lowest BCUT2D eigenvalue weighted by atomic mass is 9.98. The van der Waals surface area contributed by atoms with Gasteiger partial charge in [0.05, 0.1) is 0 Å². The normalized spacial score (nSPS) is 12.5. The van der Waals surface area contributed by atoms with E-state index in [9.17, 15) is 4.79 Å². The van der Waals surface area contributed by atoms with Crippen molar-refractivity contribution in [3.8, 4) is 11.1 Å². The molecular weight excluding hydrogens is 260 g/mol. The van der Waals surface area contributed by atoms with E-state index in [1.165, 1.54) is 0 Å². The summed E-state index contributed by atoms with van der Waals surface area (Å²) < 4.78 is 1.64. The van der Waals surface area contributed by atoms with Crippen LogP contribution in [0.5, 0.6) is 0 Å². The van der Waals surface area contributed by atoms with Crippen LogP contribution in [0.25, 0.3) is 21.9 Å². The molecule has 3 heteroatoms. The minimum absolute atomic E-state index is 0.0240. The average Bonchev–Trinajstić information content (AvgIpc) is 2.51. The van der Waals surface area contributed by atoms with Crippen molar-refractivity contribution in [1.29, 1.82) is 0 Å². The molecule has 0 aliphatic carbocycles. The largest absolute Gasteiger partial charge is 0.324 e. The van der Waals surface area contributed by atoms with E-state index < -0.39 is 0 Å². The molecular formula is C18H18N2O. The summed E-state index contributed by atoms with van der Waals surface area (Å²) in [5.41, 5.74) is 9.17. The van der Waals surface area contributed by atoms with Gasteiger partial charge in [-0.2, -0.15) is 0 Å². The van der Waals surface area contributed by atoms with Crippen molar-refractivity contribution >= 4 is 10.8 Å². The molecule has 2 aromatic carbocycles. The molecule has 1 atom stereocenters. The average molecular weight is 278 g/mol. The highest BCUT2D eigenvalue weighted by Crippen LogP contribution is 2.27. The third-order valence-electron chi connectivity index (χ3n) is 3.84. The first-order chi connectivity index (χ1) is 10.1. The van der Waals surface area contributed by atoms with Gasteiger partial charge in [-0.25, -0.2) is 0 Å². The molecule has 1 heterocycles. The van der Waals surface area contributed by atoms with Gasteiger partial charge in [-0.05, 0) is 29.5 Å². The van der Waals surface area contributed by atoms with Gasteiger partial charge in [0.25, 0.3) is 5.56 Å². The zero-order chi connectivity index (χ0) is 15.0. The molecule has 3 nitrogen and oxygen atoms in total. The Morgan fingerprint density at radius 1 is 1.00 bits per heavy atom. The highest BCUT2D eigenvalue weighted by atomic mass is 16.1. The Balaban J connectivity index is 2.25. The Morgan fingerprint density at radius 2 is 1.62 bits per heavy atom. The van der Waals surface area contributed by atoms with Crippen molar-refractivity contribution in [1.82, 2.24) is 4.57 Å². The van der Waals surface area contributed by atoms with Crippen molar-refractivity contribution in [3.63, 3.8) is 0 Å². The zero-order valence-corrected chi connectivity index (χ0v) is 12.2. The van der Waals surface area contributed by atoms with Gasteiger partial charge in [0.1, 0.15) is 0 Å². The molecule has 0 spiro atoms. The standard InChI is InChI=1S/C18H18N2O/c1-12(19)13-7-9-14(10-8-13)17-11-20(2)18(21)16-6-4-3-5-15(16)17/h3-12H,19H2,1-2H3/t12-/m1/s1. The first-order valence-corrected chi connectivity index (χ1v) is 7.02. The Kier molecular flexibility index (Phi) is 3.35. The van der Waals surface area contributed by atoms with Crippen molar-refractivity contribution in [2.24, 2.45) is 12.8 Å². The summed E-state index contributed by atoms with van der Waals surface area (Å²) in [4.78, 5) is 12.2. The molecule has 0 saturated heterocycles. The predicted octanol–water partition coefficient (Wildman–Crippen LogP) is 3.23. The fourth-order valence-corrected chi connectivity index (χ4v) is 2.61. The highest BCUT2D eigenvalue weighted by Gasteiger charge is 2.09. The van der Waals surface area contributed by atoms with E-state index in [1.807, 2.05) is 49.5 Å². The van der Waals surface area contributed by atoms with E-state index in [-0.39, 0.29) is 11.6 Å². The number of hydrogen-bond donors (Lipinski definition) is 1. The molecule has 0 amide bonds. The van der Waals surface area contributed by atoms with E-state index in [1.54, 1.807) is 11.6 Å². The molecule has 0 aliphatic heterocycles. The number of pyridine rings is 1. The third kappa shape index (κ3) is 2.36. The van der Waals surface area contributed by atoms with Crippen LogP contribution < -0.4 is 11.3 Å². The molecule has 1 aromatic heterocycles. The van der Waals surface area contributed by atoms with Gasteiger partial charge in [-0.3, -0.25) is 4.79 Å². The molecule has 3 aromatic rings. The Labute approximate surface area is 123 Å². The van der Waals surface area contributed by atoms with Gasteiger partial charge in [0, 0.05) is 30.2 Å². The van der Waals surface area contributed by atoms with Crippen LogP contribution in [0, 0.1) is 0 Å². The number of benzene rings is 2. The number of fused-ring (bicyclic) bond motifs is 1. The number of rotatable bonds is 2. The van der Waals surface area contributed by atoms with E-state index in [4.69, 9.17) is 5.73 Å². The fraction of sp³-hybridized carbons (Fsp3) is 0.167. The van der Waals surface area contributed by atoms with Gasteiger partial charge < -0.3 is 10.3 Å².